The van der Waals surface area contributed by atoms with Crippen LogP contribution in [0.1, 0.15) is 10.4 Å². The number of benzene rings is 2. The van der Waals surface area contributed by atoms with Gasteiger partial charge >= 0.3 is 0 Å². The Morgan fingerprint density at radius 3 is 2.56 bits per heavy atom. The van der Waals surface area contributed by atoms with E-state index in [4.69, 9.17) is 0 Å². The summed E-state index contributed by atoms with van der Waals surface area (Å²) < 4.78 is 0.901. The van der Waals surface area contributed by atoms with Crippen LogP contribution >= 0.6 is 15.9 Å². The van der Waals surface area contributed by atoms with Gasteiger partial charge in [0.2, 0.25) is 0 Å². The first-order valence-electron chi connectivity index (χ1n) is 5.54. The summed E-state index contributed by atoms with van der Waals surface area (Å²) in [5.74, 6) is -0.0280. The van der Waals surface area contributed by atoms with E-state index < -0.39 is 0 Å². The summed E-state index contributed by atoms with van der Waals surface area (Å²) in [5, 5.41) is 3.05. The topological polar surface area (TPSA) is 29.1 Å². The average molecular weight is 302 g/mol. The highest BCUT2D eigenvalue weighted by atomic mass is 79.9. The summed E-state index contributed by atoms with van der Waals surface area (Å²) in [6.07, 6.45) is 3.17. The number of carbonyl (C=O) groups is 1. The van der Waals surface area contributed by atoms with Crippen molar-refractivity contribution in [3.63, 3.8) is 0 Å². The summed E-state index contributed by atoms with van der Waals surface area (Å²) in [6.45, 7) is 0. The fourth-order valence-corrected chi connectivity index (χ4v) is 1.89. The molecule has 0 saturated heterocycles. The van der Waals surface area contributed by atoms with Crippen molar-refractivity contribution >= 4 is 27.4 Å². The zero-order valence-corrected chi connectivity index (χ0v) is 11.2. The first kappa shape index (κ1) is 12.6. The number of hydrogen-bond donors (Lipinski definition) is 1. The molecule has 0 atom stereocenters. The second kappa shape index (κ2) is 6.17. The zero-order chi connectivity index (χ0) is 12.8. The summed E-state index contributed by atoms with van der Waals surface area (Å²) in [4.78, 5) is 11.8. The molecule has 1 N–H and O–H groups in total. The molecule has 2 aromatic carbocycles. The Morgan fingerprint density at radius 1 is 1.06 bits per heavy atom. The smallest absolute Gasteiger partial charge is 0.187 e. The van der Waals surface area contributed by atoms with E-state index >= 15 is 0 Å². The van der Waals surface area contributed by atoms with E-state index in [1.807, 2.05) is 42.5 Å². The Hall–Kier alpha value is -1.87. The summed E-state index contributed by atoms with van der Waals surface area (Å²) >= 11 is 3.34. The second-order valence-corrected chi connectivity index (χ2v) is 4.63. The number of ketones is 1. The van der Waals surface area contributed by atoms with Crippen LogP contribution in [-0.2, 0) is 0 Å². The van der Waals surface area contributed by atoms with Crippen LogP contribution in [0.3, 0.4) is 0 Å². The molecule has 0 spiro atoms. The lowest BCUT2D eigenvalue weighted by atomic mass is 10.1. The summed E-state index contributed by atoms with van der Waals surface area (Å²) in [5.41, 5.74) is 1.62. The molecule has 0 radical (unpaired) electrons. The van der Waals surface area contributed by atoms with Gasteiger partial charge in [0, 0.05) is 28.0 Å². The average Bonchev–Trinajstić information content (AvgIpc) is 2.40. The molecule has 3 heteroatoms. The highest BCUT2D eigenvalue weighted by Gasteiger charge is 2.01. The molecule has 0 amide bonds. The van der Waals surface area contributed by atoms with E-state index in [9.17, 15) is 4.79 Å². The molecule has 0 aliphatic carbocycles. The zero-order valence-electron chi connectivity index (χ0n) is 9.64. The number of nitrogens with one attached hydrogen (secondary N) is 1. The van der Waals surface area contributed by atoms with Crippen LogP contribution in [-0.4, -0.2) is 5.78 Å². The molecular formula is C15H12BrNO. The standard InChI is InChI=1S/C15H12BrNO/c16-13-6-4-5-12(11-13)15(18)9-10-17-14-7-2-1-3-8-14/h1-11,17H. The van der Waals surface area contributed by atoms with E-state index in [-0.39, 0.29) is 5.78 Å². The van der Waals surface area contributed by atoms with Gasteiger partial charge in [0.1, 0.15) is 0 Å². The predicted octanol–water partition coefficient (Wildman–Crippen LogP) is 4.26. The first-order valence-corrected chi connectivity index (χ1v) is 6.33. The normalized spacial score (nSPS) is 10.5. The Morgan fingerprint density at radius 2 is 1.83 bits per heavy atom. The van der Waals surface area contributed by atoms with Crippen molar-refractivity contribution in [1.29, 1.82) is 0 Å². The fraction of sp³-hybridized carbons (Fsp3) is 0. The van der Waals surface area contributed by atoms with Gasteiger partial charge in [0.25, 0.3) is 0 Å². The number of carbonyl (C=O) groups excluding carboxylic acids is 1. The van der Waals surface area contributed by atoms with Crippen molar-refractivity contribution in [3.05, 3.63) is 76.9 Å². The largest absolute Gasteiger partial charge is 0.362 e. The van der Waals surface area contributed by atoms with Gasteiger partial charge < -0.3 is 5.32 Å². The van der Waals surface area contributed by atoms with E-state index in [0.717, 1.165) is 10.2 Å². The highest BCUT2D eigenvalue weighted by molar-refractivity contribution is 9.10. The number of rotatable bonds is 4. The van der Waals surface area contributed by atoms with Crippen LogP contribution < -0.4 is 5.32 Å². The Kier molecular flexibility index (Phi) is 4.31. The monoisotopic (exact) mass is 301 g/mol. The van der Waals surface area contributed by atoms with Crippen LogP contribution in [0, 0.1) is 0 Å². The minimum absolute atomic E-state index is 0.0280. The number of allylic oxidation sites excluding steroid dienone is 1. The van der Waals surface area contributed by atoms with Gasteiger partial charge in [-0.2, -0.15) is 0 Å². The van der Waals surface area contributed by atoms with Crippen LogP contribution in [0.4, 0.5) is 5.69 Å². The second-order valence-electron chi connectivity index (χ2n) is 3.72. The third-order valence-corrected chi connectivity index (χ3v) is 2.86. The molecule has 2 nitrogen and oxygen atoms in total. The molecule has 0 aliphatic heterocycles. The minimum Gasteiger partial charge on any atom is -0.362 e. The molecule has 18 heavy (non-hydrogen) atoms. The molecule has 2 rings (SSSR count). The van der Waals surface area contributed by atoms with E-state index in [0.29, 0.717) is 5.56 Å². The summed E-state index contributed by atoms with van der Waals surface area (Å²) in [6, 6.07) is 17.0. The maximum atomic E-state index is 11.8. The fourth-order valence-electron chi connectivity index (χ4n) is 1.49. The molecule has 0 aromatic heterocycles. The van der Waals surface area contributed by atoms with Gasteiger partial charge in [0.15, 0.2) is 5.78 Å². The number of anilines is 1. The molecular weight excluding hydrogens is 290 g/mol. The van der Waals surface area contributed by atoms with Gasteiger partial charge in [-0.25, -0.2) is 0 Å². The van der Waals surface area contributed by atoms with E-state index in [2.05, 4.69) is 21.2 Å². The van der Waals surface area contributed by atoms with Crippen LogP contribution in [0.2, 0.25) is 0 Å². The van der Waals surface area contributed by atoms with Crippen molar-refractivity contribution in [3.8, 4) is 0 Å². The van der Waals surface area contributed by atoms with Crippen molar-refractivity contribution in [2.24, 2.45) is 0 Å². The third-order valence-electron chi connectivity index (χ3n) is 2.37. The minimum atomic E-state index is -0.0280. The van der Waals surface area contributed by atoms with Gasteiger partial charge in [-0.15, -0.1) is 0 Å². The lowest BCUT2D eigenvalue weighted by Crippen LogP contribution is -1.96. The molecule has 0 aliphatic rings. The lowest BCUT2D eigenvalue weighted by molar-refractivity contribution is 0.104. The quantitative estimate of drug-likeness (QED) is 0.675. The van der Waals surface area contributed by atoms with Gasteiger partial charge in [0.05, 0.1) is 0 Å². The Balaban J connectivity index is 1.99. The molecule has 0 fully saturated rings. The molecule has 2 aromatic rings. The molecule has 90 valence electrons. The molecule has 0 bridgehead atoms. The van der Waals surface area contributed by atoms with Crippen LogP contribution in [0.25, 0.3) is 0 Å². The molecule has 0 heterocycles. The number of hydrogen-bond acceptors (Lipinski definition) is 2. The van der Waals surface area contributed by atoms with E-state index in [1.165, 1.54) is 6.08 Å². The Labute approximate surface area is 114 Å². The van der Waals surface area contributed by atoms with E-state index in [1.54, 1.807) is 18.3 Å². The van der Waals surface area contributed by atoms with Crippen molar-refractivity contribution in [2.45, 2.75) is 0 Å². The third kappa shape index (κ3) is 3.57. The Bertz CT molecular complexity index is 564. The van der Waals surface area contributed by atoms with Crippen molar-refractivity contribution in [2.75, 3.05) is 5.32 Å². The van der Waals surface area contributed by atoms with Crippen molar-refractivity contribution in [1.82, 2.24) is 0 Å². The van der Waals surface area contributed by atoms with Crippen LogP contribution in [0.5, 0.6) is 0 Å². The predicted molar refractivity (Wildman–Crippen MR) is 77.7 cm³/mol. The maximum Gasteiger partial charge on any atom is 0.187 e. The van der Waals surface area contributed by atoms with Gasteiger partial charge in [-0.3, -0.25) is 4.79 Å². The van der Waals surface area contributed by atoms with Crippen LogP contribution in [0.15, 0.2) is 71.3 Å². The first-order chi connectivity index (χ1) is 8.75. The highest BCUT2D eigenvalue weighted by Crippen LogP contribution is 2.12. The number of halogens is 1. The number of para-hydroxylation sites is 1. The molecule has 0 saturated carbocycles. The summed E-state index contributed by atoms with van der Waals surface area (Å²) in [7, 11) is 0. The van der Waals surface area contributed by atoms with Gasteiger partial charge in [-0.05, 0) is 24.3 Å². The lowest BCUT2D eigenvalue weighted by Gasteiger charge is -1.99. The molecule has 0 unspecified atom stereocenters. The maximum absolute atomic E-state index is 11.8. The van der Waals surface area contributed by atoms with Crippen molar-refractivity contribution < 1.29 is 4.79 Å². The van der Waals surface area contributed by atoms with Gasteiger partial charge in [-0.1, -0.05) is 46.3 Å². The SMILES string of the molecule is O=C(C=CNc1ccccc1)c1cccc(Br)c1.